The van der Waals surface area contributed by atoms with E-state index in [-0.39, 0.29) is 36.1 Å². The van der Waals surface area contributed by atoms with Gasteiger partial charge in [-0.1, -0.05) is 39.0 Å². The van der Waals surface area contributed by atoms with Gasteiger partial charge in [0, 0.05) is 31.5 Å². The van der Waals surface area contributed by atoms with Crippen molar-refractivity contribution < 1.29 is 32.7 Å². The smallest absolute Gasteiger partial charge is 0.405 e. The minimum atomic E-state index is -1.60. The Labute approximate surface area is 203 Å². The van der Waals surface area contributed by atoms with Crippen LogP contribution in [-0.4, -0.2) is 59.6 Å². The van der Waals surface area contributed by atoms with Crippen molar-refractivity contribution in [2.75, 3.05) is 26.3 Å². The van der Waals surface area contributed by atoms with Gasteiger partial charge in [-0.15, -0.1) is 0 Å². The number of carbonyl (C=O) groups is 3. The van der Waals surface area contributed by atoms with Gasteiger partial charge < -0.3 is 24.5 Å². The van der Waals surface area contributed by atoms with Gasteiger partial charge in [0.15, 0.2) is 11.2 Å². The third-order valence-electron chi connectivity index (χ3n) is 7.28. The van der Waals surface area contributed by atoms with Crippen LogP contribution >= 0.6 is 0 Å². The van der Waals surface area contributed by atoms with Crippen LogP contribution in [0.25, 0.3) is 11.1 Å². The second-order valence-corrected chi connectivity index (χ2v) is 9.33. The van der Waals surface area contributed by atoms with Gasteiger partial charge in [0.1, 0.15) is 11.3 Å². The van der Waals surface area contributed by atoms with Crippen molar-refractivity contribution in [2.45, 2.75) is 57.5 Å². The third kappa shape index (κ3) is 5.32. The summed E-state index contributed by atoms with van der Waals surface area (Å²) in [5, 5.41) is 0. The summed E-state index contributed by atoms with van der Waals surface area (Å²) in [5.41, 5.74) is 4.42. The van der Waals surface area contributed by atoms with E-state index in [0.29, 0.717) is 31.8 Å². The molecule has 1 aliphatic carbocycles. The summed E-state index contributed by atoms with van der Waals surface area (Å²) >= 11 is 0. The first kappa shape index (κ1) is 25.1. The largest absolute Gasteiger partial charge is 0.434 e. The molecule has 10 heteroatoms. The molecule has 1 saturated heterocycles. The number of fused-ring (bicyclic) bond motifs is 1. The Morgan fingerprint density at radius 1 is 1.23 bits per heavy atom. The topological polar surface area (TPSA) is 125 Å². The Balaban J connectivity index is 1.71. The fraction of sp³-hybridized carbons (Fsp3) is 0.600. The lowest BCUT2D eigenvalue weighted by molar-refractivity contribution is -0.165. The molecule has 0 spiro atoms. The Morgan fingerprint density at radius 3 is 2.60 bits per heavy atom. The van der Waals surface area contributed by atoms with Crippen LogP contribution in [0.2, 0.25) is 0 Å². The molecule has 2 aromatic rings. The van der Waals surface area contributed by atoms with Crippen LogP contribution in [0, 0.1) is 17.7 Å². The normalized spacial score (nSPS) is 19.8. The fourth-order valence-corrected chi connectivity index (χ4v) is 5.53. The molecule has 2 N–H and O–H groups in total. The second-order valence-electron chi connectivity index (χ2n) is 9.33. The van der Waals surface area contributed by atoms with Crippen LogP contribution < -0.4 is 5.73 Å². The number of morpholine rings is 1. The van der Waals surface area contributed by atoms with Crippen LogP contribution in [0.4, 0.5) is 9.18 Å². The summed E-state index contributed by atoms with van der Waals surface area (Å²) < 4.78 is 30.2. The number of primary amides is 1. The first-order valence-electron chi connectivity index (χ1n) is 12.3. The molecular weight excluding hydrogens is 457 g/mol. The summed E-state index contributed by atoms with van der Waals surface area (Å²) in [7, 11) is 0. The number of amides is 2. The van der Waals surface area contributed by atoms with Crippen molar-refractivity contribution in [1.29, 1.82) is 0 Å². The quantitative estimate of drug-likeness (QED) is 0.559. The number of Topliss-reactive ketones (excluding diaryl/α,β-unsaturated/α-hetero) is 1. The lowest BCUT2D eigenvalue weighted by Crippen LogP contribution is -2.60. The zero-order valence-corrected chi connectivity index (χ0v) is 20.0. The Kier molecular flexibility index (Phi) is 7.69. The van der Waals surface area contributed by atoms with E-state index in [1.807, 2.05) is 0 Å². The molecule has 0 radical (unpaired) electrons. The molecule has 2 heterocycles. The SMILES string of the molecule is CC[C@@](OC(N)=O)(C(=O)N1CCOCC1)C(CC(=O)c1nc2ccc(F)cc2o1)C1CCCCC1. The van der Waals surface area contributed by atoms with Gasteiger partial charge in [-0.05, 0) is 24.5 Å². The molecule has 2 aliphatic rings. The predicted molar refractivity (Wildman–Crippen MR) is 124 cm³/mol. The van der Waals surface area contributed by atoms with Gasteiger partial charge in [0.05, 0.1) is 13.2 Å². The predicted octanol–water partition coefficient (Wildman–Crippen LogP) is 3.84. The number of ketones is 1. The Hall–Kier alpha value is -3.01. The highest BCUT2D eigenvalue weighted by molar-refractivity contribution is 5.95. The van der Waals surface area contributed by atoms with Crippen LogP contribution in [0.5, 0.6) is 0 Å². The van der Waals surface area contributed by atoms with Gasteiger partial charge in [-0.2, -0.15) is 0 Å². The minimum absolute atomic E-state index is 0.0289. The van der Waals surface area contributed by atoms with E-state index in [1.165, 1.54) is 18.2 Å². The number of benzene rings is 1. The van der Waals surface area contributed by atoms with Crippen LogP contribution in [0.1, 0.15) is 62.6 Å². The van der Waals surface area contributed by atoms with E-state index in [9.17, 15) is 18.8 Å². The zero-order chi connectivity index (χ0) is 25.0. The van der Waals surface area contributed by atoms with Crippen LogP contribution in [-0.2, 0) is 14.3 Å². The maximum Gasteiger partial charge on any atom is 0.405 e. The molecule has 1 saturated carbocycles. The summed E-state index contributed by atoms with van der Waals surface area (Å²) in [6.07, 6.45) is 3.59. The van der Waals surface area contributed by atoms with Crippen molar-refractivity contribution in [1.82, 2.24) is 9.88 Å². The van der Waals surface area contributed by atoms with Crippen molar-refractivity contribution in [2.24, 2.45) is 17.6 Å². The van der Waals surface area contributed by atoms with Crippen molar-refractivity contribution >= 4 is 28.9 Å². The van der Waals surface area contributed by atoms with E-state index in [0.717, 1.165) is 32.1 Å². The number of nitrogens with two attached hydrogens (primary N) is 1. The summed E-state index contributed by atoms with van der Waals surface area (Å²) in [6, 6.07) is 3.86. The first-order chi connectivity index (χ1) is 16.8. The summed E-state index contributed by atoms with van der Waals surface area (Å²) in [5.74, 6) is -2.09. The Bertz CT molecular complexity index is 1080. The number of ether oxygens (including phenoxy) is 2. The first-order valence-corrected chi connectivity index (χ1v) is 12.3. The van der Waals surface area contributed by atoms with E-state index < -0.39 is 29.2 Å². The van der Waals surface area contributed by atoms with Crippen LogP contribution in [0.3, 0.4) is 0 Å². The fourth-order valence-electron chi connectivity index (χ4n) is 5.53. The Morgan fingerprint density at radius 2 is 1.94 bits per heavy atom. The number of rotatable bonds is 8. The highest BCUT2D eigenvalue weighted by atomic mass is 19.1. The number of halogens is 1. The van der Waals surface area contributed by atoms with Gasteiger partial charge in [-0.25, -0.2) is 14.2 Å². The van der Waals surface area contributed by atoms with Crippen LogP contribution in [0.15, 0.2) is 22.6 Å². The average molecular weight is 490 g/mol. The van der Waals surface area contributed by atoms with E-state index in [4.69, 9.17) is 19.6 Å². The van der Waals surface area contributed by atoms with Gasteiger partial charge in [0.2, 0.25) is 5.78 Å². The number of carbonyl (C=O) groups excluding carboxylic acids is 3. The summed E-state index contributed by atoms with van der Waals surface area (Å²) in [4.78, 5) is 45.3. The minimum Gasteiger partial charge on any atom is -0.434 e. The van der Waals surface area contributed by atoms with E-state index in [1.54, 1.807) is 11.8 Å². The molecule has 2 amide bonds. The molecule has 2 fully saturated rings. The lowest BCUT2D eigenvalue weighted by atomic mass is 9.68. The maximum atomic E-state index is 13.9. The van der Waals surface area contributed by atoms with E-state index >= 15 is 0 Å². The van der Waals surface area contributed by atoms with Gasteiger partial charge in [-0.3, -0.25) is 9.59 Å². The molecule has 1 aromatic heterocycles. The van der Waals surface area contributed by atoms with Crippen molar-refractivity contribution in [3.8, 4) is 0 Å². The van der Waals surface area contributed by atoms with Crippen molar-refractivity contribution in [3.63, 3.8) is 0 Å². The second kappa shape index (κ2) is 10.7. The number of nitrogens with zero attached hydrogens (tertiary/aromatic N) is 2. The molecule has 35 heavy (non-hydrogen) atoms. The molecule has 1 aromatic carbocycles. The lowest BCUT2D eigenvalue weighted by Gasteiger charge is -2.45. The maximum absolute atomic E-state index is 13.9. The number of aromatic nitrogens is 1. The van der Waals surface area contributed by atoms with Gasteiger partial charge in [0.25, 0.3) is 11.8 Å². The number of hydrogen-bond donors (Lipinski definition) is 1. The standard InChI is InChI=1S/C25H32FN3O6/c1-2-25(35-24(27)32,23(31)29-10-12-33-13-11-29)18(16-6-4-3-5-7-16)15-20(30)22-28-19-9-8-17(26)14-21(19)34-22/h8-9,14,16,18H,2-7,10-13,15H2,1H3,(H2,27,32)/t18?,25-/m0/s1. The number of hydrogen-bond acceptors (Lipinski definition) is 7. The van der Waals surface area contributed by atoms with Gasteiger partial charge >= 0.3 is 6.09 Å². The third-order valence-corrected chi connectivity index (χ3v) is 7.28. The molecule has 2 atom stereocenters. The molecule has 9 nitrogen and oxygen atoms in total. The highest BCUT2D eigenvalue weighted by Crippen LogP contribution is 2.43. The molecule has 4 rings (SSSR count). The number of oxazole rings is 1. The molecule has 1 unspecified atom stereocenters. The summed E-state index contributed by atoms with van der Waals surface area (Å²) in [6.45, 7) is 3.27. The average Bonchev–Trinajstić information content (AvgIpc) is 3.30. The molecular formula is C25H32FN3O6. The van der Waals surface area contributed by atoms with E-state index in [2.05, 4.69) is 4.98 Å². The zero-order valence-electron chi connectivity index (χ0n) is 20.0. The van der Waals surface area contributed by atoms with Crippen molar-refractivity contribution in [3.05, 3.63) is 29.9 Å². The molecule has 1 aliphatic heterocycles. The molecule has 0 bridgehead atoms. The molecule has 190 valence electrons. The monoisotopic (exact) mass is 489 g/mol. The highest BCUT2D eigenvalue weighted by Gasteiger charge is 2.53.